The van der Waals surface area contributed by atoms with Gasteiger partial charge in [0.05, 0.1) is 19.3 Å². The number of hydrogen-bond acceptors (Lipinski definition) is 2. The van der Waals surface area contributed by atoms with Gasteiger partial charge in [-0.2, -0.15) is 0 Å². The maximum atomic E-state index is 10.0. The molecule has 1 heterocycles. The number of allylic oxidation sites excluding steroid dienone is 1. The topological polar surface area (TPSA) is 29.5 Å². The molecule has 2 nitrogen and oxygen atoms in total. The molecule has 1 N–H and O–H groups in total. The van der Waals surface area contributed by atoms with E-state index in [0.29, 0.717) is 24.4 Å². The van der Waals surface area contributed by atoms with Crippen molar-refractivity contribution in [3.05, 3.63) is 47.5 Å². The minimum Gasteiger partial charge on any atom is -0.396 e. The molecule has 0 unspecified atom stereocenters. The fraction of sp³-hybridized carbons (Fsp3) is 0.600. The maximum Gasteiger partial charge on any atom is 0.0646 e. The molecule has 120 valence electrons. The molecule has 0 radical (unpaired) electrons. The van der Waals surface area contributed by atoms with Gasteiger partial charge >= 0.3 is 0 Å². The van der Waals surface area contributed by atoms with Gasteiger partial charge in [0.15, 0.2) is 0 Å². The third kappa shape index (κ3) is 2.53. The Morgan fingerprint density at radius 1 is 1.23 bits per heavy atom. The molecule has 1 saturated heterocycles. The molecule has 0 aromatic heterocycles. The molecule has 0 spiro atoms. The van der Waals surface area contributed by atoms with Crippen LogP contribution in [0.5, 0.6) is 0 Å². The summed E-state index contributed by atoms with van der Waals surface area (Å²) < 4.78 is 6.27. The van der Waals surface area contributed by atoms with Crippen molar-refractivity contribution in [2.24, 2.45) is 23.2 Å². The smallest absolute Gasteiger partial charge is 0.0646 e. The normalized spacial score (nSPS) is 37.7. The lowest BCUT2D eigenvalue weighted by atomic mass is 9.56. The van der Waals surface area contributed by atoms with Crippen LogP contribution in [0.2, 0.25) is 0 Å². The number of fused-ring (bicyclic) bond motifs is 2. The molecule has 22 heavy (non-hydrogen) atoms. The largest absolute Gasteiger partial charge is 0.396 e. The Labute approximate surface area is 134 Å². The van der Waals surface area contributed by atoms with Crippen LogP contribution in [0.4, 0.5) is 0 Å². The summed E-state index contributed by atoms with van der Waals surface area (Å²) in [6.45, 7) is 7.68. The third-order valence-electron chi connectivity index (χ3n) is 6.21. The number of aryl methyl sites for hydroxylation is 1. The number of aliphatic hydroxyl groups excluding tert-OH is 1. The Morgan fingerprint density at radius 3 is 2.64 bits per heavy atom. The number of aliphatic hydroxyl groups is 1. The summed E-state index contributed by atoms with van der Waals surface area (Å²) in [5.74, 6) is 1.31. The second-order valence-electron chi connectivity index (χ2n) is 7.28. The zero-order chi connectivity index (χ0) is 15.7. The van der Waals surface area contributed by atoms with Crippen molar-refractivity contribution in [1.29, 1.82) is 0 Å². The second kappa shape index (κ2) is 6.17. The van der Waals surface area contributed by atoms with Crippen molar-refractivity contribution in [2.45, 2.75) is 39.7 Å². The Hall–Kier alpha value is -1.12. The van der Waals surface area contributed by atoms with E-state index < -0.39 is 0 Å². The van der Waals surface area contributed by atoms with Crippen molar-refractivity contribution < 1.29 is 9.84 Å². The Morgan fingerprint density at radius 2 is 1.95 bits per heavy atom. The molecule has 1 aromatic rings. The minimum absolute atomic E-state index is 0.0899. The van der Waals surface area contributed by atoms with Crippen LogP contribution in [0.1, 0.15) is 32.8 Å². The van der Waals surface area contributed by atoms with Crippen LogP contribution in [0, 0.1) is 23.2 Å². The lowest BCUT2D eigenvalue weighted by molar-refractivity contribution is -0.164. The predicted molar refractivity (Wildman–Crippen MR) is 89.6 cm³/mol. The highest BCUT2D eigenvalue weighted by atomic mass is 16.5. The molecule has 1 fully saturated rings. The van der Waals surface area contributed by atoms with E-state index in [0.717, 1.165) is 12.8 Å². The van der Waals surface area contributed by atoms with Crippen molar-refractivity contribution in [2.75, 3.05) is 13.2 Å². The molecule has 0 amide bonds. The van der Waals surface area contributed by atoms with Crippen LogP contribution >= 0.6 is 0 Å². The summed E-state index contributed by atoms with van der Waals surface area (Å²) in [4.78, 5) is 0. The molecular formula is C20H28O2. The first-order chi connectivity index (χ1) is 10.6. The highest BCUT2D eigenvalue weighted by molar-refractivity contribution is 5.21. The van der Waals surface area contributed by atoms with Gasteiger partial charge in [-0.15, -0.1) is 0 Å². The van der Waals surface area contributed by atoms with Crippen molar-refractivity contribution in [1.82, 2.24) is 0 Å². The van der Waals surface area contributed by atoms with Gasteiger partial charge < -0.3 is 9.84 Å². The highest BCUT2D eigenvalue weighted by Crippen LogP contribution is 2.52. The van der Waals surface area contributed by atoms with Crippen LogP contribution in [0.15, 0.2) is 42.0 Å². The van der Waals surface area contributed by atoms with Crippen LogP contribution in [0.25, 0.3) is 0 Å². The molecule has 1 aromatic carbocycles. The Balaban J connectivity index is 1.77. The van der Waals surface area contributed by atoms with E-state index in [9.17, 15) is 5.11 Å². The quantitative estimate of drug-likeness (QED) is 0.856. The first kappa shape index (κ1) is 15.8. The van der Waals surface area contributed by atoms with E-state index in [1.54, 1.807) is 0 Å². The van der Waals surface area contributed by atoms with E-state index >= 15 is 0 Å². The van der Waals surface area contributed by atoms with Crippen LogP contribution in [-0.2, 0) is 11.2 Å². The van der Waals surface area contributed by atoms with E-state index in [4.69, 9.17) is 4.74 Å². The summed E-state index contributed by atoms with van der Waals surface area (Å²) in [6, 6.07) is 10.6. The molecule has 5 atom stereocenters. The van der Waals surface area contributed by atoms with Crippen LogP contribution in [-0.4, -0.2) is 24.4 Å². The Kier molecular flexibility index (Phi) is 4.42. The summed E-state index contributed by atoms with van der Waals surface area (Å²) in [5.41, 5.74) is 2.73. The number of hydrogen-bond donors (Lipinski definition) is 1. The molecule has 2 heteroatoms. The molecular weight excluding hydrogens is 272 g/mol. The van der Waals surface area contributed by atoms with Gasteiger partial charge in [-0.25, -0.2) is 0 Å². The summed E-state index contributed by atoms with van der Waals surface area (Å²) in [6.07, 6.45) is 4.77. The van der Waals surface area contributed by atoms with Gasteiger partial charge in [-0.3, -0.25) is 0 Å². The van der Waals surface area contributed by atoms with Gasteiger partial charge in [0.1, 0.15) is 0 Å². The van der Waals surface area contributed by atoms with E-state index in [1.165, 1.54) is 11.1 Å². The van der Waals surface area contributed by atoms with E-state index in [2.05, 4.69) is 57.2 Å². The highest BCUT2D eigenvalue weighted by Gasteiger charge is 2.52. The van der Waals surface area contributed by atoms with Gasteiger partial charge in [-0.05, 0) is 37.2 Å². The number of rotatable bonds is 4. The second-order valence-corrected chi connectivity index (χ2v) is 7.28. The average molecular weight is 300 g/mol. The third-order valence-corrected chi connectivity index (χ3v) is 6.21. The summed E-state index contributed by atoms with van der Waals surface area (Å²) in [7, 11) is 0. The SMILES string of the molecule is CC1=C[C@H](C)[C@@]2(CO)CO[C@H](CCc3ccccc3)[C@H]1[C@H]2C. The maximum absolute atomic E-state index is 10.0. The molecule has 3 rings (SSSR count). The zero-order valence-electron chi connectivity index (χ0n) is 14.0. The first-order valence-electron chi connectivity index (χ1n) is 8.53. The first-order valence-corrected chi connectivity index (χ1v) is 8.53. The zero-order valence-corrected chi connectivity index (χ0v) is 14.0. The van der Waals surface area contributed by atoms with Gasteiger partial charge in [-0.1, -0.05) is 55.8 Å². The van der Waals surface area contributed by atoms with Crippen LogP contribution < -0.4 is 0 Å². The lowest BCUT2D eigenvalue weighted by Gasteiger charge is -2.55. The van der Waals surface area contributed by atoms with Crippen molar-refractivity contribution >= 4 is 0 Å². The number of ether oxygens (including phenoxy) is 1. The van der Waals surface area contributed by atoms with E-state index in [-0.39, 0.29) is 18.1 Å². The molecule has 0 saturated carbocycles. The predicted octanol–water partition coefficient (Wildman–Crippen LogP) is 3.85. The lowest BCUT2D eigenvalue weighted by Crippen LogP contribution is -2.56. The standard InChI is InChI=1S/C20H28O2/c1-14-11-15(2)20(12-21)13-22-18(19(14)16(20)3)10-9-17-7-5-4-6-8-17/h4-8,11,15-16,18-19,21H,9-10,12-13H2,1-3H3/t15-,16+,18+,19+,20+/m0/s1. The molecule has 2 bridgehead atoms. The van der Waals surface area contributed by atoms with Crippen LogP contribution in [0.3, 0.4) is 0 Å². The minimum atomic E-state index is -0.0899. The van der Waals surface area contributed by atoms with Gasteiger partial charge in [0.25, 0.3) is 0 Å². The molecule has 2 aliphatic rings. The monoisotopic (exact) mass is 300 g/mol. The van der Waals surface area contributed by atoms with E-state index in [1.807, 2.05) is 0 Å². The van der Waals surface area contributed by atoms with Gasteiger partial charge in [0.2, 0.25) is 0 Å². The van der Waals surface area contributed by atoms with Crippen molar-refractivity contribution in [3.8, 4) is 0 Å². The van der Waals surface area contributed by atoms with Crippen molar-refractivity contribution in [3.63, 3.8) is 0 Å². The summed E-state index contributed by atoms with van der Waals surface area (Å²) >= 11 is 0. The fourth-order valence-electron chi connectivity index (χ4n) is 4.63. The molecule has 1 aliphatic heterocycles. The fourth-order valence-corrected chi connectivity index (χ4v) is 4.63. The average Bonchev–Trinajstić information content (AvgIpc) is 2.52. The Bertz CT molecular complexity index is 536. The van der Waals surface area contributed by atoms with Gasteiger partial charge in [0, 0.05) is 11.3 Å². The number of benzene rings is 1. The molecule has 1 aliphatic carbocycles. The summed E-state index contributed by atoms with van der Waals surface area (Å²) in [5, 5.41) is 10.0.